The molecule has 2 atom stereocenters. The molecule has 29 heavy (non-hydrogen) atoms. The van der Waals surface area contributed by atoms with Gasteiger partial charge in [-0.25, -0.2) is 4.98 Å². The van der Waals surface area contributed by atoms with Crippen molar-refractivity contribution in [1.29, 1.82) is 0 Å². The van der Waals surface area contributed by atoms with E-state index in [1.807, 2.05) is 58.1 Å². The van der Waals surface area contributed by atoms with E-state index in [0.717, 1.165) is 24.2 Å². The van der Waals surface area contributed by atoms with Crippen LogP contribution in [0.25, 0.3) is 0 Å². The molecule has 2 aromatic carbocycles. The molecule has 1 aromatic heterocycles. The Bertz CT molecular complexity index is 885. The number of carbonyl (C=O) groups excluding carboxylic acids is 1. The molecule has 0 radical (unpaired) electrons. The smallest absolute Gasteiger partial charge is 0.253 e. The Labute approximate surface area is 183 Å². The summed E-state index contributed by atoms with van der Waals surface area (Å²) in [5, 5.41) is 0. The Balaban J connectivity index is 0.00000150. The molecular formula is C22H26Cl2N4O. The van der Waals surface area contributed by atoms with Crippen molar-refractivity contribution in [2.75, 3.05) is 19.6 Å². The fraction of sp³-hybridized carbons (Fsp3) is 0.273. The first-order valence-electron chi connectivity index (χ1n) is 9.33. The van der Waals surface area contributed by atoms with Gasteiger partial charge in [-0.1, -0.05) is 42.5 Å². The average Bonchev–Trinajstić information content (AvgIpc) is 3.38. The molecule has 1 aliphatic rings. The third-order valence-corrected chi connectivity index (χ3v) is 5.38. The molecule has 0 bridgehead atoms. The molecule has 2 N–H and O–H groups in total. The molecule has 1 aliphatic heterocycles. The highest BCUT2D eigenvalue weighted by Gasteiger charge is 2.35. The molecule has 2 heterocycles. The van der Waals surface area contributed by atoms with Crippen LogP contribution in [0.2, 0.25) is 0 Å². The summed E-state index contributed by atoms with van der Waals surface area (Å²) in [5.41, 5.74) is 9.14. The molecule has 7 heteroatoms. The molecule has 5 nitrogen and oxygen atoms in total. The van der Waals surface area contributed by atoms with Crippen molar-refractivity contribution < 1.29 is 4.79 Å². The molecule has 1 amide bonds. The van der Waals surface area contributed by atoms with E-state index in [0.29, 0.717) is 24.9 Å². The lowest BCUT2D eigenvalue weighted by Gasteiger charge is -2.17. The minimum atomic E-state index is 0. The maximum atomic E-state index is 13.0. The first-order chi connectivity index (χ1) is 13.2. The number of benzene rings is 2. The Morgan fingerprint density at radius 1 is 1.03 bits per heavy atom. The van der Waals surface area contributed by atoms with Crippen LogP contribution in [0.5, 0.6) is 0 Å². The molecular weight excluding hydrogens is 407 g/mol. The summed E-state index contributed by atoms with van der Waals surface area (Å²) < 4.78 is 2.01. The maximum Gasteiger partial charge on any atom is 0.253 e. The molecule has 0 aliphatic carbocycles. The minimum absolute atomic E-state index is 0. The molecule has 3 aromatic rings. The number of aromatic nitrogens is 2. The van der Waals surface area contributed by atoms with Crippen molar-refractivity contribution in [3.05, 3.63) is 90.0 Å². The van der Waals surface area contributed by atoms with Crippen LogP contribution in [-0.2, 0) is 6.54 Å². The van der Waals surface area contributed by atoms with Crippen molar-refractivity contribution in [2.24, 2.45) is 11.7 Å². The zero-order valence-corrected chi connectivity index (χ0v) is 17.7. The second kappa shape index (κ2) is 10.4. The summed E-state index contributed by atoms with van der Waals surface area (Å²) in [5.74, 6) is 0.693. The number of nitrogens with two attached hydrogens (primary N) is 1. The van der Waals surface area contributed by atoms with E-state index in [4.69, 9.17) is 5.73 Å². The van der Waals surface area contributed by atoms with E-state index in [1.54, 1.807) is 12.5 Å². The van der Waals surface area contributed by atoms with Crippen molar-refractivity contribution >= 4 is 30.7 Å². The van der Waals surface area contributed by atoms with Gasteiger partial charge in [0.05, 0.1) is 6.33 Å². The predicted molar refractivity (Wildman–Crippen MR) is 120 cm³/mol. The monoisotopic (exact) mass is 432 g/mol. The van der Waals surface area contributed by atoms with Crippen LogP contribution >= 0.6 is 24.8 Å². The third kappa shape index (κ3) is 5.18. The zero-order chi connectivity index (χ0) is 18.6. The quantitative estimate of drug-likeness (QED) is 0.669. The van der Waals surface area contributed by atoms with Gasteiger partial charge in [-0.2, -0.15) is 0 Å². The lowest BCUT2D eigenvalue weighted by molar-refractivity contribution is 0.0786. The van der Waals surface area contributed by atoms with Gasteiger partial charge < -0.3 is 15.2 Å². The van der Waals surface area contributed by atoms with Gasteiger partial charge in [0.2, 0.25) is 0 Å². The molecule has 0 spiro atoms. The number of carbonyl (C=O) groups is 1. The van der Waals surface area contributed by atoms with Crippen LogP contribution in [0.1, 0.15) is 27.4 Å². The fourth-order valence-electron chi connectivity index (χ4n) is 3.88. The van der Waals surface area contributed by atoms with E-state index in [2.05, 4.69) is 17.1 Å². The van der Waals surface area contributed by atoms with Gasteiger partial charge in [0.15, 0.2) is 0 Å². The highest BCUT2D eigenvalue weighted by atomic mass is 35.5. The Morgan fingerprint density at radius 3 is 2.38 bits per heavy atom. The van der Waals surface area contributed by atoms with Crippen LogP contribution < -0.4 is 5.73 Å². The molecule has 0 saturated carbocycles. The number of rotatable bonds is 5. The van der Waals surface area contributed by atoms with Crippen LogP contribution in [-0.4, -0.2) is 40.0 Å². The summed E-state index contributed by atoms with van der Waals surface area (Å²) in [6.07, 6.45) is 5.49. The Hall–Kier alpha value is -2.34. The van der Waals surface area contributed by atoms with Crippen molar-refractivity contribution in [3.63, 3.8) is 0 Å². The normalized spacial score (nSPS) is 18.0. The minimum Gasteiger partial charge on any atom is -0.338 e. The Morgan fingerprint density at radius 2 is 1.76 bits per heavy atom. The van der Waals surface area contributed by atoms with E-state index in [-0.39, 0.29) is 30.7 Å². The SMILES string of the molecule is Cl.Cl.NC[C@@H]1CN(C(=O)c2ccc(Cn3ccnc3)cc2)C[C@H]1c1ccccc1. The van der Waals surface area contributed by atoms with Gasteiger partial charge >= 0.3 is 0 Å². The third-order valence-electron chi connectivity index (χ3n) is 5.38. The summed E-state index contributed by atoms with van der Waals surface area (Å²) in [6, 6.07) is 18.2. The molecule has 1 saturated heterocycles. The van der Waals surface area contributed by atoms with Gasteiger partial charge in [0.1, 0.15) is 0 Å². The number of amides is 1. The number of hydrogen-bond acceptors (Lipinski definition) is 3. The second-order valence-electron chi connectivity index (χ2n) is 7.16. The number of imidazole rings is 1. The topological polar surface area (TPSA) is 64.2 Å². The van der Waals surface area contributed by atoms with Crippen molar-refractivity contribution in [2.45, 2.75) is 12.5 Å². The van der Waals surface area contributed by atoms with Gasteiger partial charge in [-0.15, -0.1) is 24.8 Å². The summed E-state index contributed by atoms with van der Waals surface area (Å²) in [4.78, 5) is 19.0. The zero-order valence-electron chi connectivity index (χ0n) is 16.1. The van der Waals surface area contributed by atoms with Crippen LogP contribution in [0.4, 0.5) is 0 Å². The number of likely N-dealkylation sites (tertiary alicyclic amines) is 1. The standard InChI is InChI=1S/C22H24N4O.2ClH/c23-12-20-14-26(15-21(20)18-4-2-1-3-5-18)22(27)19-8-6-17(7-9-19)13-25-11-10-24-16-25;;/h1-11,16,20-21H,12-15,23H2;2*1H/t20-,21+;;/m1../s1. The van der Waals surface area contributed by atoms with Gasteiger partial charge in [-0.05, 0) is 35.7 Å². The summed E-state index contributed by atoms with van der Waals surface area (Å²) in [6.45, 7) is 2.78. The van der Waals surface area contributed by atoms with E-state index < -0.39 is 0 Å². The molecule has 154 valence electrons. The van der Waals surface area contributed by atoms with E-state index in [1.165, 1.54) is 5.56 Å². The van der Waals surface area contributed by atoms with Crippen LogP contribution in [0.15, 0.2) is 73.3 Å². The van der Waals surface area contributed by atoms with E-state index in [9.17, 15) is 4.79 Å². The lowest BCUT2D eigenvalue weighted by atomic mass is 9.89. The number of halogens is 2. The van der Waals surface area contributed by atoms with Crippen molar-refractivity contribution in [1.82, 2.24) is 14.5 Å². The van der Waals surface area contributed by atoms with Crippen LogP contribution in [0.3, 0.4) is 0 Å². The summed E-state index contributed by atoms with van der Waals surface area (Å²) >= 11 is 0. The van der Waals surface area contributed by atoms with Gasteiger partial charge in [0.25, 0.3) is 5.91 Å². The fourth-order valence-corrected chi connectivity index (χ4v) is 3.88. The highest BCUT2D eigenvalue weighted by molar-refractivity contribution is 5.94. The lowest BCUT2D eigenvalue weighted by Crippen LogP contribution is -2.29. The first-order valence-corrected chi connectivity index (χ1v) is 9.33. The summed E-state index contributed by atoms with van der Waals surface area (Å²) in [7, 11) is 0. The predicted octanol–water partition coefficient (Wildman–Crippen LogP) is 3.59. The largest absolute Gasteiger partial charge is 0.338 e. The highest BCUT2D eigenvalue weighted by Crippen LogP contribution is 2.32. The Kier molecular flexibility index (Phi) is 8.26. The molecule has 0 unspecified atom stereocenters. The number of nitrogens with zero attached hydrogens (tertiary/aromatic N) is 3. The second-order valence-corrected chi connectivity index (χ2v) is 7.16. The average molecular weight is 433 g/mol. The van der Waals surface area contributed by atoms with Crippen molar-refractivity contribution in [3.8, 4) is 0 Å². The molecule has 4 rings (SSSR count). The molecule has 1 fully saturated rings. The van der Waals surface area contributed by atoms with Crippen LogP contribution in [0, 0.1) is 5.92 Å². The van der Waals surface area contributed by atoms with Gasteiger partial charge in [0, 0.05) is 43.5 Å². The number of hydrogen-bond donors (Lipinski definition) is 1. The first kappa shape index (κ1) is 22.9. The maximum absolute atomic E-state index is 13.0. The van der Waals surface area contributed by atoms with Gasteiger partial charge in [-0.3, -0.25) is 4.79 Å². The van der Waals surface area contributed by atoms with E-state index >= 15 is 0 Å².